The number of furan rings is 1. The monoisotopic (exact) mass is 203 g/mol. The lowest BCUT2D eigenvalue weighted by molar-refractivity contribution is 0.578. The maximum Gasteiger partial charge on any atom is 0.154 e. The maximum absolute atomic E-state index is 5.31. The number of nitrogens with one attached hydrogen (secondary N) is 1. The van der Waals surface area contributed by atoms with Crippen molar-refractivity contribution in [1.82, 2.24) is 10.2 Å². The van der Waals surface area contributed by atoms with E-state index < -0.39 is 0 Å². The summed E-state index contributed by atoms with van der Waals surface area (Å²) in [5.41, 5.74) is 2.99. The van der Waals surface area contributed by atoms with Gasteiger partial charge in [-0.15, -0.1) is 10.2 Å². The van der Waals surface area contributed by atoms with Gasteiger partial charge in [0.25, 0.3) is 0 Å². The molecule has 0 aromatic carbocycles. The van der Waals surface area contributed by atoms with Crippen molar-refractivity contribution in [2.75, 3.05) is 12.4 Å². The predicted molar refractivity (Wildman–Crippen MR) is 58.8 cm³/mol. The summed E-state index contributed by atoms with van der Waals surface area (Å²) in [6.45, 7) is 4.03. The van der Waals surface area contributed by atoms with Crippen molar-refractivity contribution in [3.8, 4) is 11.5 Å². The summed E-state index contributed by atoms with van der Waals surface area (Å²) >= 11 is 0. The van der Waals surface area contributed by atoms with Gasteiger partial charge in [-0.1, -0.05) is 0 Å². The molecule has 2 aromatic rings. The molecule has 0 aliphatic heterocycles. The van der Waals surface area contributed by atoms with Gasteiger partial charge in [0.2, 0.25) is 0 Å². The van der Waals surface area contributed by atoms with E-state index in [-0.39, 0.29) is 0 Å². The molecule has 0 aliphatic carbocycles. The van der Waals surface area contributed by atoms with Crippen molar-refractivity contribution in [1.29, 1.82) is 0 Å². The Morgan fingerprint density at radius 1 is 1.20 bits per heavy atom. The van der Waals surface area contributed by atoms with Crippen LogP contribution in [0.4, 0.5) is 5.82 Å². The van der Waals surface area contributed by atoms with E-state index in [1.54, 1.807) is 6.26 Å². The smallest absolute Gasteiger partial charge is 0.154 e. The number of rotatable bonds is 2. The average molecular weight is 203 g/mol. The highest BCUT2D eigenvalue weighted by atomic mass is 16.3. The van der Waals surface area contributed by atoms with E-state index in [1.807, 2.05) is 33.0 Å². The van der Waals surface area contributed by atoms with Crippen LogP contribution in [0.5, 0.6) is 0 Å². The SMILES string of the molecule is CNc1nnc(-c2ccco2)c(C)c1C. The molecular weight excluding hydrogens is 190 g/mol. The van der Waals surface area contributed by atoms with Crippen LogP contribution in [-0.2, 0) is 0 Å². The third-order valence-corrected chi connectivity index (χ3v) is 2.51. The maximum atomic E-state index is 5.31. The second kappa shape index (κ2) is 3.73. The molecule has 4 heteroatoms. The summed E-state index contributed by atoms with van der Waals surface area (Å²) in [6.07, 6.45) is 1.64. The number of hydrogen-bond donors (Lipinski definition) is 1. The molecule has 0 radical (unpaired) electrons. The first-order chi connectivity index (χ1) is 7.24. The largest absolute Gasteiger partial charge is 0.463 e. The Bertz CT molecular complexity index is 463. The normalized spacial score (nSPS) is 10.3. The van der Waals surface area contributed by atoms with Gasteiger partial charge in [0.15, 0.2) is 11.6 Å². The molecule has 2 rings (SSSR count). The molecule has 0 spiro atoms. The molecule has 0 unspecified atom stereocenters. The fourth-order valence-corrected chi connectivity index (χ4v) is 1.49. The molecule has 0 atom stereocenters. The lowest BCUT2D eigenvalue weighted by Gasteiger charge is -2.08. The molecule has 4 nitrogen and oxygen atoms in total. The molecule has 2 heterocycles. The minimum atomic E-state index is 0.755. The molecular formula is C11H13N3O. The van der Waals surface area contributed by atoms with Gasteiger partial charge >= 0.3 is 0 Å². The van der Waals surface area contributed by atoms with Crippen LogP contribution >= 0.6 is 0 Å². The van der Waals surface area contributed by atoms with E-state index in [0.29, 0.717) is 0 Å². The number of nitrogens with zero attached hydrogens (tertiary/aromatic N) is 2. The fraction of sp³-hybridized carbons (Fsp3) is 0.273. The summed E-state index contributed by atoms with van der Waals surface area (Å²) in [5.74, 6) is 1.56. The summed E-state index contributed by atoms with van der Waals surface area (Å²) in [6, 6.07) is 3.73. The first-order valence-electron chi connectivity index (χ1n) is 4.79. The van der Waals surface area contributed by atoms with Crippen LogP contribution < -0.4 is 5.32 Å². The van der Waals surface area contributed by atoms with E-state index in [9.17, 15) is 0 Å². The van der Waals surface area contributed by atoms with E-state index >= 15 is 0 Å². The Kier molecular flexibility index (Phi) is 2.41. The molecule has 1 N–H and O–H groups in total. The van der Waals surface area contributed by atoms with Crippen LogP contribution in [0, 0.1) is 13.8 Å². The molecule has 0 saturated carbocycles. The summed E-state index contributed by atoms with van der Waals surface area (Å²) in [7, 11) is 1.84. The van der Waals surface area contributed by atoms with Gasteiger partial charge in [-0.2, -0.15) is 0 Å². The number of hydrogen-bond acceptors (Lipinski definition) is 4. The Balaban J connectivity index is 2.56. The van der Waals surface area contributed by atoms with E-state index in [2.05, 4.69) is 15.5 Å². The topological polar surface area (TPSA) is 51.0 Å². The Morgan fingerprint density at radius 2 is 2.00 bits per heavy atom. The van der Waals surface area contributed by atoms with Gasteiger partial charge in [-0.25, -0.2) is 0 Å². The molecule has 0 fully saturated rings. The molecule has 0 aliphatic rings. The zero-order valence-corrected chi connectivity index (χ0v) is 9.03. The third-order valence-electron chi connectivity index (χ3n) is 2.51. The van der Waals surface area contributed by atoms with Crippen molar-refractivity contribution >= 4 is 5.82 Å². The lowest BCUT2D eigenvalue weighted by atomic mass is 10.1. The summed E-state index contributed by atoms with van der Waals surface area (Å²) < 4.78 is 5.31. The number of anilines is 1. The summed E-state index contributed by atoms with van der Waals surface area (Å²) in [4.78, 5) is 0. The van der Waals surface area contributed by atoms with E-state index in [1.165, 1.54) is 0 Å². The average Bonchev–Trinajstić information content (AvgIpc) is 2.75. The molecule has 0 bridgehead atoms. The first-order valence-corrected chi connectivity index (χ1v) is 4.79. The minimum absolute atomic E-state index is 0.755. The van der Waals surface area contributed by atoms with Gasteiger partial charge in [0.05, 0.1) is 6.26 Å². The van der Waals surface area contributed by atoms with Crippen molar-refractivity contribution in [3.63, 3.8) is 0 Å². The molecule has 2 aromatic heterocycles. The third kappa shape index (κ3) is 1.58. The Labute approximate surface area is 88.3 Å². The van der Waals surface area contributed by atoms with Crippen molar-refractivity contribution in [3.05, 3.63) is 29.5 Å². The van der Waals surface area contributed by atoms with Gasteiger partial charge in [0.1, 0.15) is 5.69 Å². The van der Waals surface area contributed by atoms with Crippen LogP contribution in [0.25, 0.3) is 11.5 Å². The lowest BCUT2D eigenvalue weighted by Crippen LogP contribution is -2.02. The second-order valence-corrected chi connectivity index (χ2v) is 3.37. The van der Waals surface area contributed by atoms with Crippen molar-refractivity contribution in [2.24, 2.45) is 0 Å². The van der Waals surface area contributed by atoms with Gasteiger partial charge in [0, 0.05) is 7.05 Å². The highest BCUT2D eigenvalue weighted by Gasteiger charge is 2.11. The van der Waals surface area contributed by atoms with Gasteiger partial charge < -0.3 is 9.73 Å². The number of aromatic nitrogens is 2. The highest BCUT2D eigenvalue weighted by Crippen LogP contribution is 2.25. The molecule has 0 saturated heterocycles. The molecule has 0 amide bonds. The predicted octanol–water partition coefficient (Wildman–Crippen LogP) is 2.40. The Morgan fingerprint density at radius 3 is 2.60 bits per heavy atom. The van der Waals surface area contributed by atoms with Gasteiger partial charge in [-0.3, -0.25) is 0 Å². The summed E-state index contributed by atoms with van der Waals surface area (Å²) in [5, 5.41) is 11.2. The first kappa shape index (κ1) is 9.71. The van der Waals surface area contributed by atoms with Crippen molar-refractivity contribution < 1.29 is 4.42 Å². The quantitative estimate of drug-likeness (QED) is 0.814. The zero-order chi connectivity index (χ0) is 10.8. The van der Waals surface area contributed by atoms with Crippen LogP contribution in [-0.4, -0.2) is 17.2 Å². The zero-order valence-electron chi connectivity index (χ0n) is 9.03. The minimum Gasteiger partial charge on any atom is -0.463 e. The fourth-order valence-electron chi connectivity index (χ4n) is 1.49. The van der Waals surface area contributed by atoms with Gasteiger partial charge in [-0.05, 0) is 37.1 Å². The second-order valence-electron chi connectivity index (χ2n) is 3.37. The van der Waals surface area contributed by atoms with Crippen LogP contribution in [0.3, 0.4) is 0 Å². The van der Waals surface area contributed by atoms with Crippen LogP contribution in [0.2, 0.25) is 0 Å². The van der Waals surface area contributed by atoms with Crippen molar-refractivity contribution in [2.45, 2.75) is 13.8 Å². The van der Waals surface area contributed by atoms with Crippen LogP contribution in [0.15, 0.2) is 22.8 Å². The standard InChI is InChI=1S/C11H13N3O/c1-7-8(2)11(12-3)14-13-10(7)9-5-4-6-15-9/h4-6H,1-3H3,(H,12,14). The van der Waals surface area contributed by atoms with E-state index in [4.69, 9.17) is 4.42 Å². The Hall–Kier alpha value is -1.84. The molecule has 78 valence electrons. The molecule has 15 heavy (non-hydrogen) atoms. The van der Waals surface area contributed by atoms with Crippen LogP contribution in [0.1, 0.15) is 11.1 Å². The highest BCUT2D eigenvalue weighted by molar-refractivity contribution is 5.61. The van der Waals surface area contributed by atoms with E-state index in [0.717, 1.165) is 28.4 Å².